The van der Waals surface area contributed by atoms with Crippen molar-refractivity contribution in [3.8, 4) is 0 Å². The second-order valence-electron chi connectivity index (χ2n) is 9.10. The largest absolute Gasteiger partial charge is 0.416 e. The van der Waals surface area contributed by atoms with E-state index in [0.29, 0.717) is 17.1 Å². The van der Waals surface area contributed by atoms with Crippen molar-refractivity contribution in [1.82, 2.24) is 9.88 Å². The molecule has 2 fully saturated rings. The van der Waals surface area contributed by atoms with Crippen LogP contribution >= 0.6 is 10.6 Å². The maximum Gasteiger partial charge on any atom is 0.416 e. The zero-order chi connectivity index (χ0) is 23.4. The third-order valence-corrected chi connectivity index (χ3v) is 8.72. The van der Waals surface area contributed by atoms with Crippen LogP contribution in [-0.4, -0.2) is 49.5 Å². The van der Waals surface area contributed by atoms with Gasteiger partial charge in [0.25, 0.3) is 5.91 Å². The van der Waals surface area contributed by atoms with Crippen molar-refractivity contribution in [1.29, 1.82) is 0 Å². The molecule has 1 aromatic heterocycles. The Kier molecular flexibility index (Phi) is 5.57. The minimum atomic E-state index is -4.43. The average molecular weight is 482 g/mol. The van der Waals surface area contributed by atoms with E-state index >= 15 is 0 Å². The number of carbonyl (C=O) groups excluding carboxylic acids is 1. The summed E-state index contributed by atoms with van der Waals surface area (Å²) >= 11 is 0. The molecule has 2 heterocycles. The van der Waals surface area contributed by atoms with Crippen molar-refractivity contribution in [3.63, 3.8) is 0 Å². The maximum absolute atomic E-state index is 13.4. The predicted octanol–water partition coefficient (Wildman–Crippen LogP) is 5.81. The molecule has 0 spiro atoms. The Hall–Kier alpha value is -2.30. The number of aromatic nitrogens is 1. The zero-order valence-corrected chi connectivity index (χ0v) is 18.8. The topological polar surface area (TPSA) is 85.7 Å². The van der Waals surface area contributed by atoms with E-state index in [1.807, 2.05) is 0 Å². The normalized spacial score (nSPS) is 24.8. The summed E-state index contributed by atoms with van der Waals surface area (Å²) in [6.07, 6.45) is 0.996. The third-order valence-electron chi connectivity index (χ3n) is 7.05. The van der Waals surface area contributed by atoms with Gasteiger partial charge >= 0.3 is 6.18 Å². The number of benzene rings is 1. The molecular formula is C23H26F3N3O3S. The zero-order valence-electron chi connectivity index (χ0n) is 17.9. The molecule has 1 saturated heterocycles. The number of hydrogen-bond donors (Lipinski definition) is 3. The molecule has 0 unspecified atom stereocenters. The van der Waals surface area contributed by atoms with Gasteiger partial charge in [-0.1, -0.05) is 6.07 Å². The first-order chi connectivity index (χ1) is 15.6. The lowest BCUT2D eigenvalue weighted by atomic mass is 9.66. The molecule has 6 nitrogen and oxygen atoms in total. The number of rotatable bonds is 3. The lowest BCUT2D eigenvalue weighted by Crippen LogP contribution is -2.43. The van der Waals surface area contributed by atoms with E-state index in [-0.39, 0.29) is 42.3 Å². The quantitative estimate of drug-likeness (QED) is 0.516. The number of alkyl halides is 3. The van der Waals surface area contributed by atoms with E-state index < -0.39 is 22.3 Å². The van der Waals surface area contributed by atoms with Gasteiger partial charge in [-0.25, -0.2) is 4.98 Å². The molecule has 0 atom stereocenters. The summed E-state index contributed by atoms with van der Waals surface area (Å²) in [5.41, 5.74) is 2.02. The molecule has 1 saturated carbocycles. The Morgan fingerprint density at radius 3 is 2.33 bits per heavy atom. The Bertz CT molecular complexity index is 1070. The van der Waals surface area contributed by atoms with Crippen LogP contribution in [0, 0.1) is 0 Å². The molecule has 4 aliphatic rings. The van der Waals surface area contributed by atoms with Crippen LogP contribution in [0.2, 0.25) is 0 Å². The molecule has 1 amide bonds. The SMILES string of the molecule is O=C(c1cnc(Nc2cccc(C(F)(F)F)c2)c2c1C1CCC2CC1)N1CCS(O)(O)CC1. The second-order valence-corrected chi connectivity index (χ2v) is 11.5. The summed E-state index contributed by atoms with van der Waals surface area (Å²) in [4.78, 5) is 19.5. The fraction of sp³-hybridized carbons (Fsp3) is 0.478. The summed E-state index contributed by atoms with van der Waals surface area (Å²) in [5, 5.41) is 3.09. The van der Waals surface area contributed by atoms with Gasteiger partial charge in [-0.2, -0.15) is 23.8 Å². The Labute approximate surface area is 191 Å². The molecule has 3 N–H and O–H groups in total. The van der Waals surface area contributed by atoms with Crippen LogP contribution in [0.15, 0.2) is 30.5 Å². The van der Waals surface area contributed by atoms with E-state index in [1.54, 1.807) is 11.0 Å². The van der Waals surface area contributed by atoms with Crippen LogP contribution in [0.1, 0.15) is 64.6 Å². The summed E-state index contributed by atoms with van der Waals surface area (Å²) in [7, 11) is -2.61. The van der Waals surface area contributed by atoms with Gasteiger partial charge in [0.1, 0.15) is 5.82 Å². The first kappa shape index (κ1) is 22.5. The number of nitrogens with one attached hydrogen (secondary N) is 1. The van der Waals surface area contributed by atoms with E-state index in [9.17, 15) is 27.1 Å². The van der Waals surface area contributed by atoms with Crippen molar-refractivity contribution in [2.45, 2.75) is 43.7 Å². The van der Waals surface area contributed by atoms with E-state index in [1.165, 1.54) is 12.3 Å². The standard InChI is InChI=1S/C23H26F3N3O3S/c24-23(25,26)16-2-1-3-17(12-16)28-21-20-15-6-4-14(5-7-15)19(20)18(13-27-21)22(30)29-8-10-33(31,32)11-9-29/h1-3,12-15,31-32H,4-11H2,(H,27,28). The van der Waals surface area contributed by atoms with Gasteiger partial charge in [0, 0.05) is 30.5 Å². The molecule has 2 bridgehead atoms. The molecule has 33 heavy (non-hydrogen) atoms. The Balaban J connectivity index is 1.50. The van der Waals surface area contributed by atoms with Gasteiger partial charge in [0.2, 0.25) is 0 Å². The van der Waals surface area contributed by atoms with E-state index in [0.717, 1.165) is 48.9 Å². The fourth-order valence-electron chi connectivity index (χ4n) is 5.34. The minimum absolute atomic E-state index is 0.160. The van der Waals surface area contributed by atoms with Gasteiger partial charge in [-0.15, -0.1) is 0 Å². The van der Waals surface area contributed by atoms with E-state index in [4.69, 9.17) is 0 Å². The van der Waals surface area contributed by atoms with E-state index in [2.05, 4.69) is 10.3 Å². The second kappa shape index (κ2) is 8.18. The number of fused-ring (bicyclic) bond motifs is 2. The van der Waals surface area contributed by atoms with Crippen molar-refractivity contribution in [3.05, 3.63) is 52.7 Å². The van der Waals surface area contributed by atoms with Gasteiger partial charge in [-0.3, -0.25) is 13.9 Å². The third kappa shape index (κ3) is 4.31. The molecule has 1 aromatic carbocycles. The maximum atomic E-state index is 13.4. The highest BCUT2D eigenvalue weighted by molar-refractivity contribution is 8.24. The molecule has 10 heteroatoms. The number of anilines is 2. The van der Waals surface area contributed by atoms with Crippen LogP contribution in [-0.2, 0) is 6.18 Å². The summed E-state index contributed by atoms with van der Waals surface area (Å²) < 4.78 is 59.2. The summed E-state index contributed by atoms with van der Waals surface area (Å²) in [6.45, 7) is 0.572. The van der Waals surface area contributed by atoms with Crippen molar-refractivity contribution in [2.75, 3.05) is 29.9 Å². The summed E-state index contributed by atoms with van der Waals surface area (Å²) in [6, 6.07) is 5.05. The van der Waals surface area contributed by atoms with Crippen molar-refractivity contribution < 1.29 is 27.1 Å². The minimum Gasteiger partial charge on any atom is -0.340 e. The molecule has 0 radical (unpaired) electrons. The average Bonchev–Trinajstić information content (AvgIpc) is 2.79. The number of halogens is 3. The fourth-order valence-corrected chi connectivity index (χ4v) is 6.57. The molecular weight excluding hydrogens is 455 g/mol. The highest BCUT2D eigenvalue weighted by atomic mass is 32.3. The predicted molar refractivity (Wildman–Crippen MR) is 121 cm³/mol. The van der Waals surface area contributed by atoms with Gasteiger partial charge in [-0.05, 0) is 61.3 Å². The first-order valence-electron chi connectivity index (χ1n) is 11.1. The number of amides is 1. The molecule has 178 valence electrons. The smallest absolute Gasteiger partial charge is 0.340 e. The molecule has 6 rings (SSSR count). The van der Waals surface area contributed by atoms with Crippen LogP contribution < -0.4 is 5.32 Å². The summed E-state index contributed by atoms with van der Waals surface area (Å²) in [5.74, 6) is 1.14. The molecule has 1 aliphatic heterocycles. The van der Waals surface area contributed by atoms with Crippen molar-refractivity contribution >= 4 is 28.0 Å². The van der Waals surface area contributed by atoms with Crippen LogP contribution in [0.3, 0.4) is 0 Å². The number of nitrogens with zero attached hydrogens (tertiary/aromatic N) is 2. The van der Waals surface area contributed by atoms with Gasteiger partial charge in [0.15, 0.2) is 0 Å². The van der Waals surface area contributed by atoms with Gasteiger partial charge in [0.05, 0.1) is 22.6 Å². The highest BCUT2D eigenvalue weighted by Gasteiger charge is 2.39. The van der Waals surface area contributed by atoms with Crippen molar-refractivity contribution in [2.24, 2.45) is 0 Å². The van der Waals surface area contributed by atoms with Gasteiger partial charge < -0.3 is 10.2 Å². The number of hydrogen-bond acceptors (Lipinski definition) is 5. The lowest BCUT2D eigenvalue weighted by Gasteiger charge is -2.43. The number of pyridine rings is 1. The number of carbonyl (C=O) groups is 1. The van der Waals surface area contributed by atoms with Crippen LogP contribution in [0.4, 0.5) is 24.7 Å². The Morgan fingerprint density at radius 1 is 1.06 bits per heavy atom. The molecule has 3 aliphatic carbocycles. The monoisotopic (exact) mass is 481 g/mol. The Morgan fingerprint density at radius 2 is 1.70 bits per heavy atom. The first-order valence-corrected chi connectivity index (χ1v) is 13.0. The molecule has 2 aromatic rings. The lowest BCUT2D eigenvalue weighted by molar-refractivity contribution is -0.137. The highest BCUT2D eigenvalue weighted by Crippen LogP contribution is 2.53. The van der Waals surface area contributed by atoms with Crippen LogP contribution in [0.25, 0.3) is 0 Å². The van der Waals surface area contributed by atoms with Crippen LogP contribution in [0.5, 0.6) is 0 Å².